The summed E-state index contributed by atoms with van der Waals surface area (Å²) in [6, 6.07) is 0. The molecule has 0 aromatic rings. The van der Waals surface area contributed by atoms with Crippen LogP contribution in [0.3, 0.4) is 0 Å². The van der Waals surface area contributed by atoms with Gasteiger partial charge in [0.2, 0.25) is 0 Å². The molecule has 0 radical (unpaired) electrons. The quantitative estimate of drug-likeness (QED) is 0.309. The van der Waals surface area contributed by atoms with Gasteiger partial charge >= 0.3 is 66.5 Å². The number of hydrogen-bond acceptors (Lipinski definition) is 0. The molecule has 1 heterocycles. The van der Waals surface area contributed by atoms with Gasteiger partial charge in [-0.1, -0.05) is 0 Å². The molecule has 0 aromatic heterocycles. The van der Waals surface area contributed by atoms with Gasteiger partial charge in [-0.25, -0.2) is 0 Å². The van der Waals surface area contributed by atoms with E-state index in [1.165, 1.54) is 5.86 Å². The van der Waals surface area contributed by atoms with Gasteiger partial charge < -0.3 is 0 Å². The molecule has 1 fully saturated rings. The fourth-order valence-electron chi connectivity index (χ4n) is 0.609. The Morgan fingerprint density at radius 1 is 1.43 bits per heavy atom. The Morgan fingerprint density at radius 3 is 2.29 bits per heavy atom. The van der Waals surface area contributed by atoms with Gasteiger partial charge in [0, 0.05) is 0 Å². The van der Waals surface area contributed by atoms with E-state index in [-0.39, 0.29) is 0 Å². The van der Waals surface area contributed by atoms with Crippen molar-refractivity contribution >= 4 is 0 Å². The molecule has 0 bridgehead atoms. The summed E-state index contributed by atoms with van der Waals surface area (Å²) in [5.41, 5.74) is 0. The Morgan fingerprint density at radius 2 is 2.14 bits per heavy atom. The monoisotopic (exact) mass is 324 g/mol. The second kappa shape index (κ2) is 2.85. The van der Waals surface area contributed by atoms with Crippen molar-refractivity contribution < 1.29 is 42.4 Å². The van der Waals surface area contributed by atoms with Gasteiger partial charge in [0.15, 0.2) is 0 Å². The third-order valence-corrected chi connectivity index (χ3v) is 12.3. The van der Waals surface area contributed by atoms with Crippen LogP contribution in [0.5, 0.6) is 0 Å². The Balaban J connectivity index is 2.26. The molecule has 2 heteroatoms. The number of rotatable bonds is 0. The zero-order valence-electron chi connectivity index (χ0n) is 4.62. The second-order valence-corrected chi connectivity index (χ2v) is 12.5. The van der Waals surface area contributed by atoms with Crippen LogP contribution in [-0.4, -0.2) is 10.3 Å². The first-order valence-corrected chi connectivity index (χ1v) is 7.75. The molecule has 0 nitrogen and oxygen atoms in total. The Kier molecular flexibility index (Phi) is 2.67. The van der Waals surface area contributed by atoms with Crippen LogP contribution >= 0.6 is 0 Å². The van der Waals surface area contributed by atoms with Crippen LogP contribution in [0.4, 0.5) is 0 Å². The first-order valence-electron chi connectivity index (χ1n) is 2.48. The first kappa shape index (κ1) is 6.58. The van der Waals surface area contributed by atoms with Gasteiger partial charge in [-0.3, -0.25) is 0 Å². The van der Waals surface area contributed by atoms with Crippen molar-refractivity contribution in [3.05, 3.63) is 0 Å². The molecular weight excluding hydrogens is 314 g/mol. The summed E-state index contributed by atoms with van der Waals surface area (Å²) >= 11 is 1.35. The third-order valence-electron chi connectivity index (χ3n) is 0.903. The van der Waals surface area contributed by atoms with Crippen molar-refractivity contribution in [3.8, 4) is 0 Å². The summed E-state index contributed by atoms with van der Waals surface area (Å²) in [5, 5.41) is 0. The Labute approximate surface area is 66.0 Å². The van der Waals surface area contributed by atoms with Gasteiger partial charge in [-0.05, 0) is 0 Å². The molecule has 7 heavy (non-hydrogen) atoms. The molecule has 0 amide bonds. The van der Waals surface area contributed by atoms with Crippen LogP contribution in [0.15, 0.2) is 0 Å². The minimum atomic E-state index is 0.666. The normalized spacial score (nSPS) is 44.3. The van der Waals surface area contributed by atoms with E-state index in [0.717, 1.165) is 0 Å². The van der Waals surface area contributed by atoms with E-state index in [0.29, 0.717) is 42.4 Å². The van der Waals surface area contributed by atoms with Gasteiger partial charge in [0.1, 0.15) is 0 Å². The second-order valence-electron chi connectivity index (χ2n) is 1.73. The first-order chi connectivity index (χ1) is 3.29. The van der Waals surface area contributed by atoms with Crippen molar-refractivity contribution in [1.82, 2.24) is 0 Å². The fourth-order valence-corrected chi connectivity index (χ4v) is 12.4. The fraction of sp³-hybridized carbons (Fsp3) is 1.00. The summed E-state index contributed by atoms with van der Waals surface area (Å²) in [6.07, 6.45) is 0. The van der Waals surface area contributed by atoms with Crippen molar-refractivity contribution in [3.63, 3.8) is 0 Å². The van der Waals surface area contributed by atoms with Gasteiger partial charge in [-0.2, -0.15) is 0 Å². The molecule has 0 aliphatic carbocycles. The Hall–Kier alpha value is 1.46. The average molecular weight is 324 g/mol. The number of halogens is 2. The van der Waals surface area contributed by atoms with Gasteiger partial charge in [0.05, 0.1) is 0 Å². The van der Waals surface area contributed by atoms with Crippen molar-refractivity contribution in [2.45, 2.75) is 19.7 Å². The average Bonchev–Trinajstić information content (AvgIpc) is 1.87. The predicted octanol–water partition coefficient (Wildman–Crippen LogP) is -5.09. The zero-order valence-corrected chi connectivity index (χ0v) is 8.93. The summed E-state index contributed by atoms with van der Waals surface area (Å²) in [5.74, 6) is 0. The molecule has 0 saturated carbocycles. The van der Waals surface area contributed by atoms with Gasteiger partial charge in [0.25, 0.3) is 0 Å². The van der Waals surface area contributed by atoms with E-state index < -0.39 is 0 Å². The van der Waals surface area contributed by atoms with Crippen LogP contribution in [0.1, 0.15) is 13.8 Å². The summed E-state index contributed by atoms with van der Waals surface area (Å²) < 4.78 is 4.06. The molecule has 1 aliphatic heterocycles. The van der Waals surface area contributed by atoms with Gasteiger partial charge in [-0.15, -0.1) is 0 Å². The third kappa shape index (κ3) is 2.03. The molecule has 0 aromatic carbocycles. The SMILES string of the molecule is CC1C[I-]C(C)[I-]1. The Bertz CT molecular complexity index is 55.1. The van der Waals surface area contributed by atoms with Crippen molar-refractivity contribution in [1.29, 1.82) is 0 Å². The topological polar surface area (TPSA) is 0 Å². The van der Waals surface area contributed by atoms with Crippen LogP contribution in [-0.2, 0) is 0 Å². The van der Waals surface area contributed by atoms with Crippen LogP contribution in [0.25, 0.3) is 0 Å². The molecule has 46 valence electrons. The molecular formula is C5H10I2-2. The molecule has 0 N–H and O–H groups in total. The molecule has 1 aliphatic rings. The number of hydrogen-bond donors (Lipinski definition) is 0. The molecule has 2 unspecified atom stereocenters. The predicted molar refractivity (Wildman–Crippen MR) is 23.8 cm³/mol. The summed E-state index contributed by atoms with van der Waals surface area (Å²) in [7, 11) is 0. The van der Waals surface area contributed by atoms with Crippen LogP contribution < -0.4 is 42.4 Å². The van der Waals surface area contributed by atoms with Crippen molar-refractivity contribution in [2.24, 2.45) is 0 Å². The molecule has 2 atom stereocenters. The van der Waals surface area contributed by atoms with Crippen LogP contribution in [0, 0.1) is 0 Å². The van der Waals surface area contributed by atoms with E-state index in [1.54, 1.807) is 4.43 Å². The van der Waals surface area contributed by atoms with Crippen LogP contribution in [0.2, 0.25) is 0 Å². The van der Waals surface area contributed by atoms with E-state index >= 15 is 0 Å². The summed E-state index contributed by atoms with van der Waals surface area (Å²) in [6.45, 7) is 4.88. The minimum absolute atomic E-state index is 0.666. The maximum atomic E-state index is 2.45. The summed E-state index contributed by atoms with van der Waals surface area (Å²) in [4.78, 5) is 0. The standard InChI is InChI=1S/C5H10I2/c1-4-3-6-5(2)7-4/h4-5H,3H2,1-2H3/q-2. The molecule has 0 spiro atoms. The van der Waals surface area contributed by atoms with E-state index in [1.807, 2.05) is 0 Å². The van der Waals surface area contributed by atoms with E-state index in [2.05, 4.69) is 13.8 Å². The maximum absolute atomic E-state index is 2.45. The van der Waals surface area contributed by atoms with E-state index in [9.17, 15) is 0 Å². The number of alkyl halides is 4. The van der Waals surface area contributed by atoms with E-state index in [4.69, 9.17) is 0 Å². The molecule has 1 rings (SSSR count). The van der Waals surface area contributed by atoms with Crippen molar-refractivity contribution in [2.75, 3.05) is 4.43 Å². The zero-order chi connectivity index (χ0) is 5.28. The molecule has 1 saturated heterocycles.